The van der Waals surface area contributed by atoms with Crippen molar-refractivity contribution in [3.05, 3.63) is 34.2 Å². The Balaban J connectivity index is 1.46. The number of benzene rings is 1. The molecule has 3 heterocycles. The van der Waals surface area contributed by atoms with Crippen LogP contribution in [0.1, 0.15) is 37.8 Å². The molecule has 2 aliphatic heterocycles. The fourth-order valence-corrected chi connectivity index (χ4v) is 4.59. The zero-order valence-electron chi connectivity index (χ0n) is 16.7. The number of imidazole rings is 1. The summed E-state index contributed by atoms with van der Waals surface area (Å²) in [6.07, 6.45) is -2.55. The van der Waals surface area contributed by atoms with Gasteiger partial charge < -0.3 is 14.6 Å². The van der Waals surface area contributed by atoms with Crippen molar-refractivity contribution in [1.82, 2.24) is 19.4 Å². The Morgan fingerprint density at radius 2 is 1.87 bits per heavy atom. The molecule has 30 heavy (non-hydrogen) atoms. The first-order chi connectivity index (χ1) is 14.3. The van der Waals surface area contributed by atoms with Gasteiger partial charge in [0, 0.05) is 38.3 Å². The van der Waals surface area contributed by atoms with Crippen LogP contribution in [0.15, 0.2) is 23.0 Å². The van der Waals surface area contributed by atoms with Crippen LogP contribution in [0.25, 0.3) is 11.0 Å². The number of carbonyl (C=O) groups excluding carboxylic acids is 1. The summed E-state index contributed by atoms with van der Waals surface area (Å²) in [5, 5.41) is 0. The molecule has 1 aromatic heterocycles. The topological polar surface area (TPSA) is 70.6 Å². The third kappa shape index (κ3) is 3.92. The Morgan fingerprint density at radius 1 is 1.17 bits per heavy atom. The van der Waals surface area contributed by atoms with Crippen molar-refractivity contribution in [3.63, 3.8) is 0 Å². The number of fused-ring (bicyclic) bond motifs is 1. The van der Waals surface area contributed by atoms with Crippen LogP contribution in [-0.2, 0) is 10.9 Å². The van der Waals surface area contributed by atoms with Crippen molar-refractivity contribution >= 4 is 17.1 Å². The van der Waals surface area contributed by atoms with E-state index in [1.165, 1.54) is 10.6 Å². The molecule has 0 aliphatic carbocycles. The van der Waals surface area contributed by atoms with E-state index < -0.39 is 11.7 Å². The van der Waals surface area contributed by atoms with Crippen LogP contribution < -0.4 is 5.69 Å². The van der Waals surface area contributed by atoms with E-state index in [4.69, 9.17) is 4.74 Å². The summed E-state index contributed by atoms with van der Waals surface area (Å²) in [5.41, 5.74) is -0.429. The van der Waals surface area contributed by atoms with Gasteiger partial charge in [-0.2, -0.15) is 13.2 Å². The van der Waals surface area contributed by atoms with Gasteiger partial charge in [-0.3, -0.25) is 9.47 Å². The van der Waals surface area contributed by atoms with Crippen LogP contribution in [0.5, 0.6) is 0 Å². The zero-order valence-corrected chi connectivity index (χ0v) is 16.7. The van der Waals surface area contributed by atoms with Crippen LogP contribution >= 0.6 is 0 Å². The molecule has 4 rings (SSSR count). The number of carbonyl (C=O) groups is 1. The maximum atomic E-state index is 13.1. The quantitative estimate of drug-likeness (QED) is 0.818. The van der Waals surface area contributed by atoms with E-state index in [1.54, 1.807) is 11.8 Å². The molecule has 2 aromatic rings. The minimum absolute atomic E-state index is 0.159. The second-order valence-electron chi connectivity index (χ2n) is 7.88. The lowest BCUT2D eigenvalue weighted by atomic mass is 10.0. The molecule has 0 bridgehead atoms. The number of rotatable bonds is 3. The molecule has 0 saturated carbocycles. The third-order valence-electron chi connectivity index (χ3n) is 6.12. The summed E-state index contributed by atoms with van der Waals surface area (Å²) in [6.45, 7) is 4.85. The first-order valence-corrected chi connectivity index (χ1v) is 10.2. The fourth-order valence-electron chi connectivity index (χ4n) is 4.59. The average molecular weight is 426 g/mol. The molecule has 2 fully saturated rings. The molecule has 1 N–H and O–H groups in total. The summed E-state index contributed by atoms with van der Waals surface area (Å²) in [4.78, 5) is 31.1. The van der Waals surface area contributed by atoms with Gasteiger partial charge in [-0.25, -0.2) is 9.59 Å². The Morgan fingerprint density at radius 3 is 2.53 bits per heavy atom. The van der Waals surface area contributed by atoms with Gasteiger partial charge in [0.15, 0.2) is 0 Å². The van der Waals surface area contributed by atoms with Crippen LogP contribution in [0.3, 0.4) is 0 Å². The summed E-state index contributed by atoms with van der Waals surface area (Å²) in [7, 11) is 0. The van der Waals surface area contributed by atoms with Gasteiger partial charge in [-0.05, 0) is 44.4 Å². The third-order valence-corrected chi connectivity index (χ3v) is 6.12. The molecule has 2 aliphatic rings. The molecule has 164 valence electrons. The maximum absolute atomic E-state index is 13.1. The van der Waals surface area contributed by atoms with E-state index in [9.17, 15) is 22.8 Å². The molecule has 1 amide bonds. The lowest BCUT2D eigenvalue weighted by molar-refractivity contribution is -0.137. The number of amides is 1. The SMILES string of the molecule is CCOC(=O)N1CC[C@H](N2CCC(n3c(=O)[nH]c4ccc(C(F)(F)F)cc43)CC2)C1. The number of H-pyrrole nitrogens is 1. The van der Waals surface area contributed by atoms with Crippen molar-refractivity contribution in [2.24, 2.45) is 0 Å². The molecular formula is C20H25F3N4O3. The molecule has 7 nitrogen and oxygen atoms in total. The van der Waals surface area contributed by atoms with Crippen LogP contribution in [0.4, 0.5) is 18.0 Å². The Hall–Kier alpha value is -2.49. The highest BCUT2D eigenvalue weighted by atomic mass is 19.4. The van der Waals surface area contributed by atoms with Gasteiger partial charge in [-0.1, -0.05) is 0 Å². The predicted molar refractivity (Wildman–Crippen MR) is 104 cm³/mol. The van der Waals surface area contributed by atoms with E-state index in [0.717, 1.165) is 31.6 Å². The molecule has 0 spiro atoms. The monoisotopic (exact) mass is 426 g/mol. The van der Waals surface area contributed by atoms with Crippen molar-refractivity contribution in [2.45, 2.75) is 44.4 Å². The summed E-state index contributed by atoms with van der Waals surface area (Å²) < 4.78 is 45.9. The van der Waals surface area contributed by atoms with Gasteiger partial charge in [0.25, 0.3) is 0 Å². The van der Waals surface area contributed by atoms with Gasteiger partial charge in [0.05, 0.1) is 23.2 Å². The molecule has 10 heteroatoms. The standard InChI is InChI=1S/C20H25F3N4O3/c1-2-30-19(29)26-10-7-15(12-26)25-8-5-14(6-9-25)27-17-11-13(20(21,22)23)3-4-16(17)24-18(27)28/h3-4,11,14-15H,2,5-10,12H2,1H3,(H,24,28)/t15-/m0/s1. The Kier molecular flexibility index (Phi) is 5.52. The number of alkyl halides is 3. The number of piperidine rings is 1. The highest BCUT2D eigenvalue weighted by molar-refractivity contribution is 5.76. The van der Waals surface area contributed by atoms with E-state index in [1.807, 2.05) is 0 Å². The minimum Gasteiger partial charge on any atom is -0.450 e. The number of ether oxygens (including phenoxy) is 1. The smallest absolute Gasteiger partial charge is 0.416 e. The number of likely N-dealkylation sites (tertiary alicyclic amines) is 2. The predicted octanol–water partition coefficient (Wildman–Crippen LogP) is 3.22. The summed E-state index contributed by atoms with van der Waals surface area (Å²) in [6, 6.07) is 3.43. The molecule has 1 aromatic carbocycles. The van der Waals surface area contributed by atoms with Gasteiger partial charge in [0.2, 0.25) is 0 Å². The normalized spacial score (nSPS) is 21.5. The van der Waals surface area contributed by atoms with E-state index in [0.29, 0.717) is 43.6 Å². The van der Waals surface area contributed by atoms with Crippen LogP contribution in [-0.4, -0.2) is 64.3 Å². The van der Waals surface area contributed by atoms with E-state index >= 15 is 0 Å². The number of hydrogen-bond donors (Lipinski definition) is 1. The lowest BCUT2D eigenvalue weighted by Gasteiger charge is -2.36. The average Bonchev–Trinajstić information content (AvgIpc) is 3.31. The van der Waals surface area contributed by atoms with E-state index in [-0.39, 0.29) is 23.9 Å². The van der Waals surface area contributed by atoms with Crippen molar-refractivity contribution in [1.29, 1.82) is 0 Å². The second kappa shape index (κ2) is 7.98. The number of halogens is 3. The molecule has 0 radical (unpaired) electrons. The minimum atomic E-state index is -4.46. The fraction of sp³-hybridized carbons (Fsp3) is 0.600. The Labute approximate surface area is 171 Å². The van der Waals surface area contributed by atoms with Crippen molar-refractivity contribution < 1.29 is 22.7 Å². The van der Waals surface area contributed by atoms with Gasteiger partial charge in [0.1, 0.15) is 0 Å². The highest BCUT2D eigenvalue weighted by Gasteiger charge is 2.35. The molecule has 0 unspecified atom stereocenters. The van der Waals surface area contributed by atoms with Crippen LogP contribution in [0, 0.1) is 0 Å². The number of nitrogens with zero attached hydrogens (tertiary/aromatic N) is 3. The summed E-state index contributed by atoms with van der Waals surface area (Å²) in [5.74, 6) is 0. The molecule has 2 saturated heterocycles. The first-order valence-electron chi connectivity index (χ1n) is 10.2. The van der Waals surface area contributed by atoms with Crippen molar-refractivity contribution in [3.8, 4) is 0 Å². The Bertz CT molecular complexity index is 976. The largest absolute Gasteiger partial charge is 0.450 e. The van der Waals surface area contributed by atoms with Gasteiger partial charge in [-0.15, -0.1) is 0 Å². The number of hydrogen-bond acceptors (Lipinski definition) is 4. The zero-order chi connectivity index (χ0) is 21.5. The van der Waals surface area contributed by atoms with Crippen LogP contribution in [0.2, 0.25) is 0 Å². The van der Waals surface area contributed by atoms with Crippen molar-refractivity contribution in [2.75, 3.05) is 32.8 Å². The maximum Gasteiger partial charge on any atom is 0.416 e. The van der Waals surface area contributed by atoms with E-state index in [2.05, 4.69) is 9.88 Å². The molecule has 1 atom stereocenters. The number of aromatic amines is 1. The highest BCUT2D eigenvalue weighted by Crippen LogP contribution is 2.33. The first kappa shape index (κ1) is 20.8. The second-order valence-corrected chi connectivity index (χ2v) is 7.88. The number of aromatic nitrogens is 2. The number of nitrogens with one attached hydrogen (secondary N) is 1. The summed E-state index contributed by atoms with van der Waals surface area (Å²) >= 11 is 0. The van der Waals surface area contributed by atoms with Gasteiger partial charge >= 0.3 is 18.0 Å². The lowest BCUT2D eigenvalue weighted by Crippen LogP contribution is -2.44. The molecular weight excluding hydrogens is 401 g/mol.